The lowest BCUT2D eigenvalue weighted by molar-refractivity contribution is -0.118. The molecule has 0 aliphatic carbocycles. The maximum Gasteiger partial charge on any atom is 0.414 e. The van der Waals surface area contributed by atoms with E-state index < -0.39 is 0 Å². The average molecular weight is 289 g/mol. The molecule has 2 heterocycles. The van der Waals surface area contributed by atoms with Gasteiger partial charge in [-0.15, -0.1) is 0 Å². The highest BCUT2D eigenvalue weighted by Gasteiger charge is 2.24. The highest BCUT2D eigenvalue weighted by molar-refractivity contribution is 5.96. The predicted molar refractivity (Wildman–Crippen MR) is 79.4 cm³/mol. The van der Waals surface area contributed by atoms with E-state index in [2.05, 4.69) is 10.6 Å². The molecule has 1 unspecified atom stereocenters. The Hall–Kier alpha value is -2.08. The van der Waals surface area contributed by atoms with Crippen LogP contribution >= 0.6 is 0 Å². The molecule has 2 saturated heterocycles. The van der Waals surface area contributed by atoms with E-state index in [1.807, 2.05) is 18.2 Å². The maximum atomic E-state index is 12.2. The highest BCUT2D eigenvalue weighted by Crippen LogP contribution is 2.22. The molecule has 2 amide bonds. The van der Waals surface area contributed by atoms with Crippen molar-refractivity contribution in [1.82, 2.24) is 5.32 Å². The van der Waals surface area contributed by atoms with E-state index in [9.17, 15) is 9.59 Å². The number of hydrogen-bond donors (Lipinski definition) is 2. The molecule has 21 heavy (non-hydrogen) atoms. The lowest BCUT2D eigenvalue weighted by Crippen LogP contribution is -2.43. The van der Waals surface area contributed by atoms with Gasteiger partial charge in [0.15, 0.2) is 0 Å². The minimum Gasteiger partial charge on any atom is -0.447 e. The predicted octanol–water partition coefficient (Wildman–Crippen LogP) is 1.72. The fraction of sp³-hybridized carbons (Fsp3) is 0.467. The molecule has 0 radical (unpaired) electrons. The Morgan fingerprint density at radius 3 is 3.00 bits per heavy atom. The van der Waals surface area contributed by atoms with Gasteiger partial charge in [0.05, 0.1) is 12.6 Å². The van der Waals surface area contributed by atoms with Crippen molar-refractivity contribution in [3.05, 3.63) is 24.3 Å². The summed E-state index contributed by atoms with van der Waals surface area (Å²) in [7, 11) is 0. The van der Waals surface area contributed by atoms with E-state index in [0.717, 1.165) is 31.5 Å². The Morgan fingerprint density at radius 1 is 1.38 bits per heavy atom. The molecule has 0 saturated carbocycles. The van der Waals surface area contributed by atoms with Crippen LogP contribution in [-0.2, 0) is 9.53 Å². The van der Waals surface area contributed by atoms with E-state index >= 15 is 0 Å². The molecule has 6 nitrogen and oxygen atoms in total. The summed E-state index contributed by atoms with van der Waals surface area (Å²) >= 11 is 0. The van der Waals surface area contributed by atoms with E-state index in [0.29, 0.717) is 18.8 Å². The van der Waals surface area contributed by atoms with Crippen molar-refractivity contribution in [3.63, 3.8) is 0 Å². The fourth-order valence-corrected chi connectivity index (χ4v) is 2.68. The van der Waals surface area contributed by atoms with Crippen molar-refractivity contribution in [3.8, 4) is 0 Å². The molecule has 112 valence electrons. The van der Waals surface area contributed by atoms with Gasteiger partial charge in [0, 0.05) is 11.4 Å². The number of piperidine rings is 1. The van der Waals surface area contributed by atoms with Crippen LogP contribution in [0, 0.1) is 0 Å². The summed E-state index contributed by atoms with van der Waals surface area (Å²) in [4.78, 5) is 25.3. The first-order chi connectivity index (χ1) is 10.2. The topological polar surface area (TPSA) is 70.7 Å². The van der Waals surface area contributed by atoms with Crippen LogP contribution < -0.4 is 15.5 Å². The first-order valence-electron chi connectivity index (χ1n) is 7.33. The number of carbonyl (C=O) groups is 2. The fourth-order valence-electron chi connectivity index (χ4n) is 2.68. The molecular weight excluding hydrogens is 270 g/mol. The smallest absolute Gasteiger partial charge is 0.414 e. The standard InChI is InChI=1S/C15H19N3O3/c19-14(13-6-1-2-7-16-13)17-11-4-3-5-12(10-11)18-8-9-21-15(18)20/h3-5,10,13,16H,1-2,6-9H2,(H,17,19). The SMILES string of the molecule is O=C(Nc1cccc(N2CCOC2=O)c1)C1CCCCN1. The van der Waals surface area contributed by atoms with Crippen LogP contribution in [0.5, 0.6) is 0 Å². The van der Waals surface area contributed by atoms with Gasteiger partial charge in [-0.2, -0.15) is 0 Å². The summed E-state index contributed by atoms with van der Waals surface area (Å²) in [5.74, 6) is -0.0177. The molecule has 3 rings (SSSR count). The quantitative estimate of drug-likeness (QED) is 0.889. The molecule has 2 N–H and O–H groups in total. The molecule has 2 aliphatic heterocycles. The van der Waals surface area contributed by atoms with Crippen LogP contribution in [0.15, 0.2) is 24.3 Å². The number of benzene rings is 1. The minimum absolute atomic E-state index is 0.0177. The van der Waals surface area contributed by atoms with Gasteiger partial charge in [0.1, 0.15) is 6.61 Å². The van der Waals surface area contributed by atoms with E-state index in [1.54, 1.807) is 11.0 Å². The molecule has 1 aromatic carbocycles. The summed E-state index contributed by atoms with van der Waals surface area (Å²) in [6, 6.07) is 7.16. The Morgan fingerprint density at radius 2 is 2.29 bits per heavy atom. The van der Waals surface area contributed by atoms with Crippen molar-refractivity contribution in [1.29, 1.82) is 0 Å². The van der Waals surface area contributed by atoms with Gasteiger partial charge in [-0.3, -0.25) is 9.69 Å². The molecule has 6 heteroatoms. The van der Waals surface area contributed by atoms with Crippen LogP contribution in [0.3, 0.4) is 0 Å². The first kappa shape index (κ1) is 13.9. The Balaban J connectivity index is 1.68. The zero-order chi connectivity index (χ0) is 14.7. The van der Waals surface area contributed by atoms with Crippen molar-refractivity contribution >= 4 is 23.4 Å². The second-order valence-corrected chi connectivity index (χ2v) is 5.31. The number of ether oxygens (including phenoxy) is 1. The zero-order valence-corrected chi connectivity index (χ0v) is 11.8. The Labute approximate surface area is 123 Å². The lowest BCUT2D eigenvalue weighted by atomic mass is 10.0. The minimum atomic E-state index is -0.340. The van der Waals surface area contributed by atoms with Crippen molar-refractivity contribution < 1.29 is 14.3 Å². The number of cyclic esters (lactones) is 1. The lowest BCUT2D eigenvalue weighted by Gasteiger charge is -2.22. The normalized spacial score (nSPS) is 22.0. The number of anilines is 2. The van der Waals surface area contributed by atoms with Crippen LogP contribution in [-0.4, -0.2) is 37.7 Å². The third-order valence-corrected chi connectivity index (χ3v) is 3.81. The number of nitrogens with one attached hydrogen (secondary N) is 2. The highest BCUT2D eigenvalue weighted by atomic mass is 16.6. The number of hydrogen-bond acceptors (Lipinski definition) is 4. The Kier molecular flexibility index (Phi) is 4.06. The van der Waals surface area contributed by atoms with Crippen LogP contribution in [0.2, 0.25) is 0 Å². The number of rotatable bonds is 3. The zero-order valence-electron chi connectivity index (χ0n) is 11.8. The molecule has 0 spiro atoms. The Bertz CT molecular complexity index is 541. The summed E-state index contributed by atoms with van der Waals surface area (Å²) < 4.78 is 4.93. The number of nitrogens with zero attached hydrogens (tertiary/aromatic N) is 1. The van der Waals surface area contributed by atoms with Crippen molar-refractivity contribution in [2.75, 3.05) is 29.9 Å². The van der Waals surface area contributed by atoms with Crippen LogP contribution in [0.25, 0.3) is 0 Å². The summed E-state index contributed by atoms with van der Waals surface area (Å²) in [6.07, 6.45) is 2.72. The second kappa shape index (κ2) is 6.13. The van der Waals surface area contributed by atoms with Crippen molar-refractivity contribution in [2.45, 2.75) is 25.3 Å². The van der Waals surface area contributed by atoms with Crippen LogP contribution in [0.4, 0.5) is 16.2 Å². The summed E-state index contributed by atoms with van der Waals surface area (Å²) in [5.41, 5.74) is 1.44. The van der Waals surface area contributed by atoms with Gasteiger partial charge in [-0.25, -0.2) is 4.79 Å². The number of carbonyl (C=O) groups excluding carboxylic acids is 2. The van der Waals surface area contributed by atoms with E-state index in [4.69, 9.17) is 4.74 Å². The van der Waals surface area contributed by atoms with E-state index in [-0.39, 0.29) is 18.0 Å². The molecule has 2 aliphatic rings. The maximum absolute atomic E-state index is 12.2. The average Bonchev–Trinajstić information content (AvgIpc) is 2.94. The van der Waals surface area contributed by atoms with Gasteiger partial charge in [-0.1, -0.05) is 12.5 Å². The second-order valence-electron chi connectivity index (χ2n) is 5.31. The van der Waals surface area contributed by atoms with Crippen LogP contribution in [0.1, 0.15) is 19.3 Å². The van der Waals surface area contributed by atoms with Gasteiger partial charge in [0.25, 0.3) is 0 Å². The summed E-state index contributed by atoms with van der Waals surface area (Å²) in [5, 5.41) is 6.13. The molecule has 0 aromatic heterocycles. The molecule has 1 atom stereocenters. The summed E-state index contributed by atoms with van der Waals surface area (Å²) in [6.45, 7) is 1.83. The largest absolute Gasteiger partial charge is 0.447 e. The van der Waals surface area contributed by atoms with Gasteiger partial charge in [0.2, 0.25) is 5.91 Å². The van der Waals surface area contributed by atoms with E-state index in [1.165, 1.54) is 0 Å². The van der Waals surface area contributed by atoms with Gasteiger partial charge >= 0.3 is 6.09 Å². The third-order valence-electron chi connectivity index (χ3n) is 3.81. The van der Waals surface area contributed by atoms with Gasteiger partial charge in [-0.05, 0) is 37.6 Å². The third kappa shape index (κ3) is 3.16. The molecule has 1 aromatic rings. The molecule has 2 fully saturated rings. The monoisotopic (exact) mass is 289 g/mol. The van der Waals surface area contributed by atoms with Crippen molar-refractivity contribution in [2.24, 2.45) is 0 Å². The molecule has 0 bridgehead atoms. The first-order valence-corrected chi connectivity index (χ1v) is 7.33. The van der Waals surface area contributed by atoms with Gasteiger partial charge < -0.3 is 15.4 Å². The molecular formula is C15H19N3O3. The number of amides is 2.